The van der Waals surface area contributed by atoms with E-state index < -0.39 is 5.60 Å². The van der Waals surface area contributed by atoms with Crippen molar-refractivity contribution in [3.05, 3.63) is 71.5 Å². The first-order valence-electron chi connectivity index (χ1n) is 8.06. The molecule has 2 nitrogen and oxygen atoms in total. The van der Waals surface area contributed by atoms with Gasteiger partial charge in [0.15, 0.2) is 5.60 Å². The summed E-state index contributed by atoms with van der Waals surface area (Å²) in [4.78, 5) is 1.45. The van der Waals surface area contributed by atoms with E-state index in [-0.39, 0.29) is 5.82 Å². The van der Waals surface area contributed by atoms with E-state index in [2.05, 4.69) is 11.8 Å². The predicted octanol–water partition coefficient (Wildman–Crippen LogP) is 1.74. The SMILES string of the molecule is O[C@@](C#CC[NH+]1CCCC1)(c1ccccc1)c1cccc(F)c1. The minimum absolute atomic E-state index is 0.371. The number of benzene rings is 2. The summed E-state index contributed by atoms with van der Waals surface area (Å²) in [6, 6.07) is 15.3. The molecule has 1 saturated heterocycles. The summed E-state index contributed by atoms with van der Waals surface area (Å²) in [5.74, 6) is 5.75. The van der Waals surface area contributed by atoms with Gasteiger partial charge in [-0.1, -0.05) is 48.4 Å². The Morgan fingerprint density at radius 3 is 2.39 bits per heavy atom. The van der Waals surface area contributed by atoms with Gasteiger partial charge in [0.05, 0.1) is 13.1 Å². The van der Waals surface area contributed by atoms with Crippen LogP contribution >= 0.6 is 0 Å². The summed E-state index contributed by atoms with van der Waals surface area (Å²) < 4.78 is 13.6. The molecule has 3 heteroatoms. The third-order valence-corrected chi connectivity index (χ3v) is 4.35. The van der Waals surface area contributed by atoms with Crippen molar-refractivity contribution in [3.8, 4) is 11.8 Å². The van der Waals surface area contributed by atoms with Crippen LogP contribution in [0.4, 0.5) is 4.39 Å². The summed E-state index contributed by atoms with van der Waals surface area (Å²) in [6.45, 7) is 2.99. The number of hydrogen-bond acceptors (Lipinski definition) is 1. The molecule has 3 rings (SSSR count). The van der Waals surface area contributed by atoms with Gasteiger partial charge in [-0.3, -0.25) is 0 Å². The average molecular weight is 310 g/mol. The van der Waals surface area contributed by atoms with Crippen LogP contribution in [0.15, 0.2) is 54.6 Å². The van der Waals surface area contributed by atoms with Crippen molar-refractivity contribution in [1.82, 2.24) is 0 Å². The molecule has 118 valence electrons. The number of likely N-dealkylation sites (tertiary alicyclic amines) is 1. The normalized spacial score (nSPS) is 17.3. The first-order valence-corrected chi connectivity index (χ1v) is 8.06. The third kappa shape index (κ3) is 3.61. The number of rotatable bonds is 3. The molecule has 0 bridgehead atoms. The molecule has 1 atom stereocenters. The molecule has 0 aliphatic carbocycles. The van der Waals surface area contributed by atoms with Gasteiger partial charge >= 0.3 is 0 Å². The van der Waals surface area contributed by atoms with Crippen LogP contribution < -0.4 is 4.90 Å². The van der Waals surface area contributed by atoms with Crippen LogP contribution in [0.2, 0.25) is 0 Å². The molecule has 1 aliphatic heterocycles. The Hall–Kier alpha value is -2.15. The molecule has 2 aromatic rings. The van der Waals surface area contributed by atoms with Crippen LogP contribution in [0.1, 0.15) is 24.0 Å². The lowest BCUT2D eigenvalue weighted by Crippen LogP contribution is -3.09. The Morgan fingerprint density at radius 1 is 1.00 bits per heavy atom. The molecule has 23 heavy (non-hydrogen) atoms. The van der Waals surface area contributed by atoms with Crippen LogP contribution in [0.25, 0.3) is 0 Å². The van der Waals surface area contributed by atoms with Crippen molar-refractivity contribution in [2.45, 2.75) is 18.4 Å². The lowest BCUT2D eigenvalue weighted by Gasteiger charge is -2.23. The molecule has 0 amide bonds. The maximum atomic E-state index is 13.6. The topological polar surface area (TPSA) is 24.7 Å². The zero-order valence-corrected chi connectivity index (χ0v) is 13.1. The molecular formula is C20H21FNO+. The number of halogens is 1. The van der Waals surface area contributed by atoms with E-state index in [1.165, 1.54) is 29.9 Å². The smallest absolute Gasteiger partial charge is 0.177 e. The van der Waals surface area contributed by atoms with Gasteiger partial charge in [-0.15, -0.1) is 0 Å². The van der Waals surface area contributed by atoms with Gasteiger partial charge in [0.1, 0.15) is 12.4 Å². The average Bonchev–Trinajstić information content (AvgIpc) is 3.09. The molecule has 1 heterocycles. The molecule has 0 radical (unpaired) electrons. The van der Waals surface area contributed by atoms with Crippen molar-refractivity contribution >= 4 is 0 Å². The highest BCUT2D eigenvalue weighted by Crippen LogP contribution is 2.29. The Balaban J connectivity index is 1.95. The maximum absolute atomic E-state index is 13.6. The van der Waals surface area contributed by atoms with Crippen LogP contribution in [-0.4, -0.2) is 24.7 Å². The van der Waals surface area contributed by atoms with Gasteiger partial charge < -0.3 is 10.0 Å². The van der Waals surface area contributed by atoms with Crippen molar-refractivity contribution in [3.63, 3.8) is 0 Å². The summed E-state index contributed by atoms with van der Waals surface area (Å²) in [6.07, 6.45) is 2.48. The van der Waals surface area contributed by atoms with E-state index in [9.17, 15) is 9.50 Å². The van der Waals surface area contributed by atoms with Crippen LogP contribution in [0.3, 0.4) is 0 Å². The van der Waals surface area contributed by atoms with Crippen molar-refractivity contribution in [2.75, 3.05) is 19.6 Å². The van der Waals surface area contributed by atoms with Crippen molar-refractivity contribution in [2.24, 2.45) is 0 Å². The highest BCUT2D eigenvalue weighted by Gasteiger charge is 2.30. The van der Waals surface area contributed by atoms with Crippen LogP contribution in [-0.2, 0) is 5.60 Å². The Morgan fingerprint density at radius 2 is 1.70 bits per heavy atom. The lowest BCUT2D eigenvalue weighted by molar-refractivity contribution is -0.879. The maximum Gasteiger partial charge on any atom is 0.177 e. The molecule has 0 aromatic heterocycles. The van der Waals surface area contributed by atoms with Gasteiger partial charge in [0, 0.05) is 24.0 Å². The van der Waals surface area contributed by atoms with Crippen molar-refractivity contribution in [1.29, 1.82) is 0 Å². The molecule has 0 saturated carbocycles. The molecule has 0 unspecified atom stereocenters. The zero-order valence-electron chi connectivity index (χ0n) is 13.1. The van der Waals surface area contributed by atoms with Crippen LogP contribution in [0, 0.1) is 17.7 Å². The fourth-order valence-corrected chi connectivity index (χ4v) is 3.05. The molecule has 1 aliphatic rings. The van der Waals surface area contributed by atoms with E-state index in [0.29, 0.717) is 17.7 Å². The Labute approximate surface area is 136 Å². The summed E-state index contributed by atoms with van der Waals surface area (Å²) >= 11 is 0. The van der Waals surface area contributed by atoms with Gasteiger partial charge in [-0.25, -0.2) is 4.39 Å². The second-order valence-electron chi connectivity index (χ2n) is 6.02. The Bertz CT molecular complexity index is 713. The van der Waals surface area contributed by atoms with Gasteiger partial charge in [0.25, 0.3) is 0 Å². The second-order valence-corrected chi connectivity index (χ2v) is 6.02. The third-order valence-electron chi connectivity index (χ3n) is 4.35. The molecule has 0 spiro atoms. The molecule has 2 aromatic carbocycles. The number of hydrogen-bond donors (Lipinski definition) is 2. The summed E-state index contributed by atoms with van der Waals surface area (Å²) in [5.41, 5.74) is -0.357. The van der Waals surface area contributed by atoms with Gasteiger partial charge in [-0.2, -0.15) is 0 Å². The minimum atomic E-state index is -1.48. The van der Waals surface area contributed by atoms with Crippen molar-refractivity contribution < 1.29 is 14.4 Å². The quantitative estimate of drug-likeness (QED) is 0.830. The largest absolute Gasteiger partial charge is 0.369 e. The zero-order chi connectivity index (χ0) is 16.1. The number of quaternary nitrogens is 1. The number of aliphatic hydroxyl groups is 1. The summed E-state index contributed by atoms with van der Waals surface area (Å²) in [5, 5.41) is 11.2. The molecular weight excluding hydrogens is 289 g/mol. The highest BCUT2D eigenvalue weighted by molar-refractivity contribution is 5.44. The van der Waals surface area contributed by atoms with E-state index in [1.54, 1.807) is 12.1 Å². The first-order chi connectivity index (χ1) is 11.2. The van der Waals surface area contributed by atoms with Crippen LogP contribution in [0.5, 0.6) is 0 Å². The monoisotopic (exact) mass is 310 g/mol. The molecule has 1 fully saturated rings. The van der Waals surface area contributed by atoms with Gasteiger partial charge in [-0.05, 0) is 18.1 Å². The van der Waals surface area contributed by atoms with E-state index in [1.807, 2.05) is 30.3 Å². The second kappa shape index (κ2) is 6.95. The minimum Gasteiger partial charge on any atom is -0.369 e. The lowest BCUT2D eigenvalue weighted by atomic mass is 9.87. The number of nitrogens with one attached hydrogen (secondary N) is 1. The van der Waals surface area contributed by atoms with Gasteiger partial charge in [0.2, 0.25) is 0 Å². The summed E-state index contributed by atoms with van der Waals surface area (Å²) in [7, 11) is 0. The fourth-order valence-electron chi connectivity index (χ4n) is 3.05. The standard InChI is InChI=1S/C20H20FNO/c21-19-11-6-10-18(16-19)20(23,17-8-2-1-3-9-17)12-7-15-22-13-4-5-14-22/h1-3,6,8-11,16,23H,4-5,13-15H2/p+1/t20-/m0/s1. The van der Waals surface area contributed by atoms with E-state index in [4.69, 9.17) is 0 Å². The first kappa shape index (κ1) is 15.7. The highest BCUT2D eigenvalue weighted by atomic mass is 19.1. The van der Waals surface area contributed by atoms with E-state index in [0.717, 1.165) is 13.1 Å². The fraction of sp³-hybridized carbons (Fsp3) is 0.300. The predicted molar refractivity (Wildman–Crippen MR) is 88.4 cm³/mol. The Kier molecular flexibility index (Phi) is 4.76. The van der Waals surface area contributed by atoms with E-state index >= 15 is 0 Å². The molecule has 2 N–H and O–H groups in total.